The van der Waals surface area contributed by atoms with Crippen LogP contribution in [0.2, 0.25) is 0 Å². The van der Waals surface area contributed by atoms with Crippen molar-refractivity contribution >= 4 is 5.78 Å². The molecule has 5 nitrogen and oxygen atoms in total. The molecule has 0 atom stereocenters. The van der Waals surface area contributed by atoms with Crippen LogP contribution in [0.25, 0.3) is 0 Å². The van der Waals surface area contributed by atoms with Crippen LogP contribution in [0.5, 0.6) is 0 Å². The van der Waals surface area contributed by atoms with Gasteiger partial charge < -0.3 is 14.1 Å². The van der Waals surface area contributed by atoms with Crippen LogP contribution in [0.4, 0.5) is 0 Å². The maximum atomic E-state index is 10.8. The Bertz CT molecular complexity index is 344. The first-order valence-corrected chi connectivity index (χ1v) is 4.83. The predicted octanol–water partition coefficient (Wildman–Crippen LogP) is 1.47. The van der Waals surface area contributed by atoms with Gasteiger partial charge in [-0.25, -0.2) is 0 Å². The van der Waals surface area contributed by atoms with Crippen molar-refractivity contribution < 1.29 is 14.1 Å². The standard InChI is InChI=1S/C10H16N2O3/c1-7(13)5-6-8-11-9(12-15-8)10(2,3)14-4/h5-6H2,1-4H3. The molecule has 0 saturated heterocycles. The minimum atomic E-state index is -0.558. The fourth-order valence-electron chi connectivity index (χ4n) is 0.975. The second kappa shape index (κ2) is 4.53. The molecule has 0 saturated carbocycles. The summed E-state index contributed by atoms with van der Waals surface area (Å²) in [6.45, 7) is 5.25. The van der Waals surface area contributed by atoms with Gasteiger partial charge in [0.1, 0.15) is 11.4 Å². The third-order valence-corrected chi connectivity index (χ3v) is 2.21. The van der Waals surface area contributed by atoms with Crippen LogP contribution in [-0.4, -0.2) is 23.0 Å². The second-order valence-electron chi connectivity index (χ2n) is 3.93. The molecular formula is C10H16N2O3. The molecule has 0 aliphatic rings. The third kappa shape index (κ3) is 3.13. The van der Waals surface area contributed by atoms with E-state index in [1.807, 2.05) is 13.8 Å². The molecule has 0 fully saturated rings. The minimum Gasteiger partial charge on any atom is -0.371 e. The number of ketones is 1. The van der Waals surface area contributed by atoms with Gasteiger partial charge in [0.05, 0.1) is 0 Å². The van der Waals surface area contributed by atoms with Crippen molar-refractivity contribution in [3.8, 4) is 0 Å². The summed E-state index contributed by atoms with van der Waals surface area (Å²) in [4.78, 5) is 14.9. The Morgan fingerprint density at radius 2 is 2.20 bits per heavy atom. The van der Waals surface area contributed by atoms with E-state index >= 15 is 0 Å². The number of aryl methyl sites for hydroxylation is 1. The van der Waals surface area contributed by atoms with Crippen LogP contribution in [0.15, 0.2) is 4.52 Å². The van der Waals surface area contributed by atoms with E-state index in [1.54, 1.807) is 7.11 Å². The maximum Gasteiger partial charge on any atom is 0.227 e. The zero-order chi connectivity index (χ0) is 11.5. The average molecular weight is 212 g/mol. The first kappa shape index (κ1) is 11.8. The fourth-order valence-corrected chi connectivity index (χ4v) is 0.975. The van der Waals surface area contributed by atoms with Crippen LogP contribution in [0.1, 0.15) is 38.9 Å². The highest BCUT2D eigenvalue weighted by molar-refractivity contribution is 5.75. The van der Waals surface area contributed by atoms with E-state index in [9.17, 15) is 4.79 Å². The van der Waals surface area contributed by atoms with E-state index in [2.05, 4.69) is 10.1 Å². The van der Waals surface area contributed by atoms with Crippen molar-refractivity contribution in [2.45, 2.75) is 39.2 Å². The van der Waals surface area contributed by atoms with Gasteiger partial charge in [0.2, 0.25) is 11.7 Å². The van der Waals surface area contributed by atoms with E-state index in [4.69, 9.17) is 9.26 Å². The van der Waals surface area contributed by atoms with E-state index in [-0.39, 0.29) is 5.78 Å². The first-order chi connectivity index (χ1) is 6.95. The normalized spacial score (nSPS) is 11.7. The van der Waals surface area contributed by atoms with Crippen LogP contribution in [-0.2, 0) is 21.6 Å². The number of carbonyl (C=O) groups excluding carboxylic acids is 1. The Hall–Kier alpha value is -1.23. The molecule has 0 aromatic carbocycles. The van der Waals surface area contributed by atoms with Crippen LogP contribution in [0.3, 0.4) is 0 Å². The zero-order valence-electron chi connectivity index (χ0n) is 9.53. The molecular weight excluding hydrogens is 196 g/mol. The number of Topliss-reactive ketones (excluding diaryl/α,β-unsaturated/α-hetero) is 1. The number of nitrogens with zero attached hydrogens (tertiary/aromatic N) is 2. The largest absolute Gasteiger partial charge is 0.371 e. The Morgan fingerprint density at radius 1 is 1.53 bits per heavy atom. The SMILES string of the molecule is COC(C)(C)c1noc(CCC(C)=O)n1. The molecule has 0 aliphatic heterocycles. The maximum absolute atomic E-state index is 10.8. The Balaban J connectivity index is 2.68. The quantitative estimate of drug-likeness (QED) is 0.739. The highest BCUT2D eigenvalue weighted by Gasteiger charge is 2.25. The Labute approximate surface area is 88.8 Å². The summed E-state index contributed by atoms with van der Waals surface area (Å²) in [5.74, 6) is 1.09. The molecule has 15 heavy (non-hydrogen) atoms. The Kier molecular flexibility index (Phi) is 3.57. The molecule has 1 heterocycles. The van der Waals surface area contributed by atoms with E-state index in [1.165, 1.54) is 6.92 Å². The monoisotopic (exact) mass is 212 g/mol. The smallest absolute Gasteiger partial charge is 0.227 e. The second-order valence-corrected chi connectivity index (χ2v) is 3.93. The van der Waals surface area contributed by atoms with Gasteiger partial charge in [-0.15, -0.1) is 0 Å². The number of rotatable bonds is 5. The molecule has 1 aromatic rings. The van der Waals surface area contributed by atoms with Crippen molar-refractivity contribution in [3.05, 3.63) is 11.7 Å². The molecule has 5 heteroatoms. The van der Waals surface area contributed by atoms with Crippen LogP contribution >= 0.6 is 0 Å². The molecule has 84 valence electrons. The molecule has 0 unspecified atom stereocenters. The predicted molar refractivity (Wildman–Crippen MR) is 53.3 cm³/mol. The van der Waals surface area contributed by atoms with Gasteiger partial charge in [-0.05, 0) is 20.8 Å². The van der Waals surface area contributed by atoms with Gasteiger partial charge in [0.15, 0.2) is 0 Å². The van der Waals surface area contributed by atoms with Crippen molar-refractivity contribution in [2.24, 2.45) is 0 Å². The molecule has 0 amide bonds. The van der Waals surface area contributed by atoms with Gasteiger partial charge >= 0.3 is 0 Å². The van der Waals surface area contributed by atoms with Crippen LogP contribution in [0, 0.1) is 0 Å². The fraction of sp³-hybridized carbons (Fsp3) is 0.700. The third-order valence-electron chi connectivity index (χ3n) is 2.21. The average Bonchev–Trinajstić information content (AvgIpc) is 2.63. The molecule has 0 spiro atoms. The lowest BCUT2D eigenvalue weighted by Gasteiger charge is -2.17. The summed E-state index contributed by atoms with van der Waals surface area (Å²) in [7, 11) is 1.59. The lowest BCUT2D eigenvalue weighted by atomic mass is 10.1. The van der Waals surface area contributed by atoms with Gasteiger partial charge in [0, 0.05) is 20.0 Å². The molecule has 1 aromatic heterocycles. The number of hydrogen-bond donors (Lipinski definition) is 0. The number of aromatic nitrogens is 2. The summed E-state index contributed by atoms with van der Waals surface area (Å²) in [6.07, 6.45) is 0.914. The topological polar surface area (TPSA) is 65.2 Å². The lowest BCUT2D eigenvalue weighted by molar-refractivity contribution is -0.117. The summed E-state index contributed by atoms with van der Waals surface area (Å²) in [5, 5.41) is 3.81. The molecule has 0 bridgehead atoms. The van der Waals surface area contributed by atoms with Gasteiger partial charge in [-0.3, -0.25) is 0 Å². The summed E-state index contributed by atoms with van der Waals surface area (Å²) < 4.78 is 10.2. The van der Waals surface area contributed by atoms with Crippen molar-refractivity contribution in [3.63, 3.8) is 0 Å². The van der Waals surface area contributed by atoms with E-state index in [0.29, 0.717) is 24.6 Å². The van der Waals surface area contributed by atoms with Gasteiger partial charge in [-0.2, -0.15) is 4.98 Å². The van der Waals surface area contributed by atoms with Crippen molar-refractivity contribution in [2.75, 3.05) is 7.11 Å². The van der Waals surface area contributed by atoms with E-state index in [0.717, 1.165) is 0 Å². The number of carbonyl (C=O) groups is 1. The van der Waals surface area contributed by atoms with Gasteiger partial charge in [-0.1, -0.05) is 5.16 Å². The lowest BCUT2D eigenvalue weighted by Crippen LogP contribution is -2.21. The minimum absolute atomic E-state index is 0.112. The molecule has 0 aliphatic carbocycles. The number of methoxy groups -OCH3 is 1. The number of ether oxygens (including phenoxy) is 1. The highest BCUT2D eigenvalue weighted by atomic mass is 16.5. The first-order valence-electron chi connectivity index (χ1n) is 4.83. The molecule has 1 rings (SSSR count). The summed E-state index contributed by atoms with van der Waals surface area (Å²) in [5.41, 5.74) is -0.558. The van der Waals surface area contributed by atoms with E-state index < -0.39 is 5.60 Å². The van der Waals surface area contributed by atoms with Crippen LogP contribution < -0.4 is 0 Å². The highest BCUT2D eigenvalue weighted by Crippen LogP contribution is 2.20. The van der Waals surface area contributed by atoms with Crippen molar-refractivity contribution in [1.29, 1.82) is 0 Å². The molecule has 0 radical (unpaired) electrons. The summed E-state index contributed by atoms with van der Waals surface area (Å²) >= 11 is 0. The molecule has 0 N–H and O–H groups in total. The number of hydrogen-bond acceptors (Lipinski definition) is 5. The van der Waals surface area contributed by atoms with Gasteiger partial charge in [0.25, 0.3) is 0 Å². The Morgan fingerprint density at radius 3 is 2.73 bits per heavy atom. The van der Waals surface area contributed by atoms with Crippen molar-refractivity contribution in [1.82, 2.24) is 10.1 Å². The zero-order valence-corrected chi connectivity index (χ0v) is 9.53. The summed E-state index contributed by atoms with van der Waals surface area (Å²) in [6, 6.07) is 0.